The quantitative estimate of drug-likeness (QED) is 0.818. The van der Waals surface area contributed by atoms with E-state index in [9.17, 15) is 0 Å². The van der Waals surface area contributed by atoms with Crippen molar-refractivity contribution in [2.24, 2.45) is 5.73 Å². The van der Waals surface area contributed by atoms with Crippen molar-refractivity contribution in [1.29, 1.82) is 0 Å². The minimum Gasteiger partial charge on any atom is -0.325 e. The Balaban J connectivity index is 2.91. The molecule has 0 aliphatic heterocycles. The average Bonchev–Trinajstić information content (AvgIpc) is 2.17. The van der Waals surface area contributed by atoms with E-state index in [1.54, 1.807) is 0 Å². The first-order valence-corrected chi connectivity index (χ1v) is 5.87. The van der Waals surface area contributed by atoms with Crippen LogP contribution >= 0.6 is 0 Å². The summed E-state index contributed by atoms with van der Waals surface area (Å²) in [5.74, 6) is 0. The van der Waals surface area contributed by atoms with E-state index in [0.717, 1.165) is 6.42 Å². The Morgan fingerprint density at radius 1 is 1.25 bits per heavy atom. The Kier molecular flexibility index (Phi) is 4.11. The maximum absolute atomic E-state index is 6.08. The molecule has 0 heterocycles. The molecule has 1 rings (SSSR count). The van der Waals surface area contributed by atoms with Gasteiger partial charge in [-0.25, -0.2) is 0 Å². The molecule has 2 heteroatoms. The van der Waals surface area contributed by atoms with E-state index in [1.807, 2.05) is 7.05 Å². The fraction of sp³-hybridized carbons (Fsp3) is 0.571. The van der Waals surface area contributed by atoms with Crippen LogP contribution in [0.3, 0.4) is 0 Å². The smallest absolute Gasteiger partial charge is 0.0334 e. The Morgan fingerprint density at radius 3 is 2.31 bits per heavy atom. The highest BCUT2D eigenvalue weighted by Crippen LogP contribution is 2.23. The van der Waals surface area contributed by atoms with Gasteiger partial charge in [-0.3, -0.25) is 0 Å². The van der Waals surface area contributed by atoms with Gasteiger partial charge in [-0.2, -0.15) is 0 Å². The van der Waals surface area contributed by atoms with Gasteiger partial charge >= 0.3 is 0 Å². The Bertz CT molecular complexity index is 350. The topological polar surface area (TPSA) is 38.0 Å². The number of nitrogens with two attached hydrogens (primary N) is 1. The summed E-state index contributed by atoms with van der Waals surface area (Å²) in [5, 5.41) is 3.34. The summed E-state index contributed by atoms with van der Waals surface area (Å²) in [6.07, 6.45) is 0.937. The molecular formula is C14H24N2. The van der Waals surface area contributed by atoms with Gasteiger partial charge in [0.25, 0.3) is 0 Å². The van der Waals surface area contributed by atoms with Gasteiger partial charge in [-0.15, -0.1) is 0 Å². The van der Waals surface area contributed by atoms with Crippen LogP contribution in [0.4, 0.5) is 0 Å². The predicted octanol–water partition coefficient (Wildman–Crippen LogP) is 2.69. The molecule has 0 saturated heterocycles. The Morgan fingerprint density at radius 2 is 1.88 bits per heavy atom. The van der Waals surface area contributed by atoms with Crippen LogP contribution < -0.4 is 11.1 Å². The summed E-state index contributed by atoms with van der Waals surface area (Å²) >= 11 is 0. The second-order valence-electron chi connectivity index (χ2n) is 5.38. The Labute approximate surface area is 99.2 Å². The van der Waals surface area contributed by atoms with Crippen molar-refractivity contribution >= 4 is 0 Å². The molecular weight excluding hydrogens is 196 g/mol. The summed E-state index contributed by atoms with van der Waals surface area (Å²) in [7, 11) is 1.99. The van der Waals surface area contributed by atoms with Crippen LogP contribution in [-0.2, 0) is 0 Å². The largest absolute Gasteiger partial charge is 0.325 e. The van der Waals surface area contributed by atoms with Crippen molar-refractivity contribution < 1.29 is 0 Å². The van der Waals surface area contributed by atoms with Gasteiger partial charge in [0.1, 0.15) is 0 Å². The zero-order valence-electron chi connectivity index (χ0n) is 11.1. The number of aryl methyl sites for hydroxylation is 2. The SMILES string of the molecule is CNC(CC(C)(C)N)c1ccc(C)c(C)c1. The van der Waals surface area contributed by atoms with E-state index >= 15 is 0 Å². The molecule has 2 nitrogen and oxygen atoms in total. The van der Waals surface area contributed by atoms with E-state index in [1.165, 1.54) is 16.7 Å². The minimum absolute atomic E-state index is 0.146. The molecule has 1 aromatic carbocycles. The van der Waals surface area contributed by atoms with Gasteiger partial charge in [0, 0.05) is 11.6 Å². The third-order valence-corrected chi connectivity index (χ3v) is 3.01. The molecule has 0 bridgehead atoms. The van der Waals surface area contributed by atoms with Crippen molar-refractivity contribution in [2.45, 2.75) is 45.7 Å². The van der Waals surface area contributed by atoms with Gasteiger partial charge in [0.05, 0.1) is 0 Å². The molecule has 1 atom stereocenters. The molecule has 3 N–H and O–H groups in total. The summed E-state index contributed by atoms with van der Waals surface area (Å²) in [5.41, 5.74) is 9.93. The van der Waals surface area contributed by atoms with Gasteiger partial charge in [-0.1, -0.05) is 18.2 Å². The molecule has 1 aromatic rings. The first kappa shape index (κ1) is 13.2. The highest BCUT2D eigenvalue weighted by molar-refractivity contribution is 5.31. The van der Waals surface area contributed by atoms with Crippen molar-refractivity contribution in [3.63, 3.8) is 0 Å². The molecule has 0 aliphatic carbocycles. The van der Waals surface area contributed by atoms with Gasteiger partial charge < -0.3 is 11.1 Å². The average molecular weight is 220 g/mol. The van der Waals surface area contributed by atoms with Gasteiger partial charge in [-0.05, 0) is 57.9 Å². The van der Waals surface area contributed by atoms with E-state index < -0.39 is 0 Å². The van der Waals surface area contributed by atoms with Crippen LogP contribution in [0.25, 0.3) is 0 Å². The maximum atomic E-state index is 6.08. The maximum Gasteiger partial charge on any atom is 0.0334 e. The standard InChI is InChI=1S/C14H24N2/c1-10-6-7-12(8-11(10)2)13(16-5)9-14(3,4)15/h6-8,13,16H,9,15H2,1-5H3. The summed E-state index contributed by atoms with van der Waals surface area (Å²) in [6.45, 7) is 8.43. The van der Waals surface area contributed by atoms with Crippen molar-refractivity contribution in [3.8, 4) is 0 Å². The number of hydrogen-bond acceptors (Lipinski definition) is 2. The summed E-state index contributed by atoms with van der Waals surface area (Å²) in [6, 6.07) is 6.95. The number of nitrogens with one attached hydrogen (secondary N) is 1. The molecule has 16 heavy (non-hydrogen) atoms. The number of rotatable bonds is 4. The second kappa shape index (κ2) is 4.98. The summed E-state index contributed by atoms with van der Waals surface area (Å²) < 4.78 is 0. The monoisotopic (exact) mass is 220 g/mol. The normalized spacial score (nSPS) is 13.9. The van der Waals surface area contributed by atoms with Gasteiger partial charge in [0.2, 0.25) is 0 Å². The van der Waals surface area contributed by atoms with Crippen LogP contribution in [-0.4, -0.2) is 12.6 Å². The zero-order valence-corrected chi connectivity index (χ0v) is 11.1. The lowest BCUT2D eigenvalue weighted by molar-refractivity contribution is 0.396. The third kappa shape index (κ3) is 3.62. The fourth-order valence-electron chi connectivity index (χ4n) is 1.89. The first-order valence-electron chi connectivity index (χ1n) is 5.87. The van der Waals surface area contributed by atoms with E-state index in [2.05, 4.69) is 51.2 Å². The van der Waals surface area contributed by atoms with Gasteiger partial charge in [0.15, 0.2) is 0 Å². The van der Waals surface area contributed by atoms with E-state index in [-0.39, 0.29) is 5.54 Å². The van der Waals surface area contributed by atoms with Crippen LogP contribution in [0.1, 0.15) is 43.0 Å². The van der Waals surface area contributed by atoms with Crippen LogP contribution in [0.15, 0.2) is 18.2 Å². The lowest BCUT2D eigenvalue weighted by atomic mass is 9.91. The molecule has 0 radical (unpaired) electrons. The molecule has 0 aromatic heterocycles. The van der Waals surface area contributed by atoms with Crippen LogP contribution in [0, 0.1) is 13.8 Å². The van der Waals surface area contributed by atoms with Crippen LogP contribution in [0.5, 0.6) is 0 Å². The second-order valence-corrected chi connectivity index (χ2v) is 5.38. The molecule has 0 spiro atoms. The minimum atomic E-state index is -0.146. The highest BCUT2D eigenvalue weighted by atomic mass is 14.9. The third-order valence-electron chi connectivity index (χ3n) is 3.01. The highest BCUT2D eigenvalue weighted by Gasteiger charge is 2.19. The van der Waals surface area contributed by atoms with Crippen molar-refractivity contribution in [3.05, 3.63) is 34.9 Å². The van der Waals surface area contributed by atoms with E-state index in [0.29, 0.717) is 6.04 Å². The zero-order chi connectivity index (χ0) is 12.3. The molecule has 0 amide bonds. The van der Waals surface area contributed by atoms with Crippen molar-refractivity contribution in [2.75, 3.05) is 7.05 Å². The fourth-order valence-corrected chi connectivity index (χ4v) is 1.89. The number of hydrogen-bond donors (Lipinski definition) is 2. The summed E-state index contributed by atoms with van der Waals surface area (Å²) in [4.78, 5) is 0. The Hall–Kier alpha value is -0.860. The molecule has 90 valence electrons. The molecule has 0 fully saturated rings. The molecule has 1 unspecified atom stereocenters. The van der Waals surface area contributed by atoms with Crippen LogP contribution in [0.2, 0.25) is 0 Å². The molecule has 0 aliphatic rings. The predicted molar refractivity (Wildman–Crippen MR) is 70.6 cm³/mol. The lowest BCUT2D eigenvalue weighted by Gasteiger charge is -2.26. The van der Waals surface area contributed by atoms with E-state index in [4.69, 9.17) is 5.73 Å². The van der Waals surface area contributed by atoms with Crippen molar-refractivity contribution in [1.82, 2.24) is 5.32 Å². The first-order chi connectivity index (χ1) is 7.33. The number of benzene rings is 1. The molecule has 0 saturated carbocycles. The lowest BCUT2D eigenvalue weighted by Crippen LogP contribution is -2.36.